The monoisotopic (exact) mass is 331 g/mol. The first kappa shape index (κ1) is 12.3. The molecule has 1 aromatic carbocycles. The van der Waals surface area contributed by atoms with Crippen LogP contribution in [0.5, 0.6) is 0 Å². The predicted octanol–water partition coefficient (Wildman–Crippen LogP) is 3.07. The molecule has 1 aromatic rings. The zero-order valence-electron chi connectivity index (χ0n) is 11.0. The zero-order chi connectivity index (χ0) is 14.0. The second-order valence-corrected chi connectivity index (χ2v) is 6.91. The molecule has 4 heteroatoms. The third-order valence-corrected chi connectivity index (χ3v) is 5.21. The van der Waals surface area contributed by atoms with Crippen molar-refractivity contribution in [3.63, 3.8) is 0 Å². The third kappa shape index (κ3) is 1.51. The Balaban J connectivity index is 1.78. The highest BCUT2D eigenvalue weighted by Crippen LogP contribution is 2.53. The second kappa shape index (κ2) is 4.04. The number of halogens is 1. The Bertz CT molecular complexity index is 616. The fourth-order valence-corrected chi connectivity index (χ4v) is 4.60. The van der Waals surface area contributed by atoms with Crippen molar-refractivity contribution in [3.05, 3.63) is 40.4 Å². The van der Waals surface area contributed by atoms with Crippen molar-refractivity contribution in [1.29, 1.82) is 0 Å². The molecule has 2 amide bonds. The lowest BCUT2D eigenvalue weighted by atomic mass is 9.85. The van der Waals surface area contributed by atoms with Gasteiger partial charge in [0.2, 0.25) is 11.8 Å². The number of nitrogens with zero attached hydrogens (tertiary/aromatic N) is 1. The van der Waals surface area contributed by atoms with E-state index < -0.39 is 0 Å². The number of rotatable bonds is 1. The van der Waals surface area contributed by atoms with E-state index in [1.165, 1.54) is 4.90 Å². The first-order valence-corrected chi connectivity index (χ1v) is 7.69. The molecule has 4 atom stereocenters. The lowest BCUT2D eigenvalue weighted by Gasteiger charge is -2.18. The fraction of sp³-hybridized carbons (Fsp3) is 0.375. The molecule has 2 aliphatic carbocycles. The molecule has 1 saturated heterocycles. The van der Waals surface area contributed by atoms with Gasteiger partial charge in [0.1, 0.15) is 0 Å². The summed E-state index contributed by atoms with van der Waals surface area (Å²) in [4.78, 5) is 26.7. The van der Waals surface area contributed by atoms with Crippen molar-refractivity contribution in [3.8, 4) is 0 Å². The van der Waals surface area contributed by atoms with Gasteiger partial charge in [-0.2, -0.15) is 0 Å². The highest BCUT2D eigenvalue weighted by Gasteiger charge is 2.59. The summed E-state index contributed by atoms with van der Waals surface area (Å²) in [5.74, 6) is 0.233. The van der Waals surface area contributed by atoms with Crippen LogP contribution in [0.4, 0.5) is 5.69 Å². The van der Waals surface area contributed by atoms with Gasteiger partial charge in [0, 0.05) is 4.47 Å². The summed E-state index contributed by atoms with van der Waals surface area (Å²) < 4.78 is 0.895. The minimum absolute atomic E-state index is 0.0191. The maximum atomic E-state index is 12.7. The average Bonchev–Trinajstić information content (AvgIpc) is 3.02. The SMILES string of the molecule is Cc1cc(Br)cc(N2C(=O)C3C4C=CC(C4)C3C2=O)c1. The summed E-state index contributed by atoms with van der Waals surface area (Å²) in [6.45, 7) is 1.96. The van der Waals surface area contributed by atoms with Crippen LogP contribution in [0.1, 0.15) is 12.0 Å². The van der Waals surface area contributed by atoms with Crippen LogP contribution in [0.25, 0.3) is 0 Å². The van der Waals surface area contributed by atoms with Crippen LogP contribution in [-0.2, 0) is 9.59 Å². The van der Waals surface area contributed by atoms with E-state index in [1.54, 1.807) is 0 Å². The molecule has 20 heavy (non-hydrogen) atoms. The molecule has 4 rings (SSSR count). The number of carbonyl (C=O) groups excluding carboxylic acids is 2. The number of anilines is 1. The number of imide groups is 1. The smallest absolute Gasteiger partial charge is 0.238 e. The van der Waals surface area contributed by atoms with Crippen molar-refractivity contribution in [2.75, 3.05) is 4.90 Å². The molecule has 1 aliphatic heterocycles. The van der Waals surface area contributed by atoms with E-state index in [2.05, 4.69) is 28.1 Å². The number of hydrogen-bond acceptors (Lipinski definition) is 2. The zero-order valence-corrected chi connectivity index (χ0v) is 12.6. The molecule has 0 radical (unpaired) electrons. The lowest BCUT2D eigenvalue weighted by molar-refractivity contribution is -0.123. The Morgan fingerprint density at radius 3 is 2.20 bits per heavy atom. The first-order chi connectivity index (χ1) is 9.56. The maximum absolute atomic E-state index is 12.7. The van der Waals surface area contributed by atoms with Gasteiger partial charge in [0.15, 0.2) is 0 Å². The number of carbonyl (C=O) groups is 2. The van der Waals surface area contributed by atoms with E-state index in [4.69, 9.17) is 0 Å². The number of hydrogen-bond donors (Lipinski definition) is 0. The Labute approximate surface area is 125 Å². The molecule has 0 aromatic heterocycles. The molecule has 0 spiro atoms. The molecule has 1 saturated carbocycles. The highest BCUT2D eigenvalue weighted by molar-refractivity contribution is 9.10. The van der Waals surface area contributed by atoms with E-state index in [9.17, 15) is 9.59 Å². The van der Waals surface area contributed by atoms with E-state index in [-0.39, 0.29) is 35.5 Å². The van der Waals surface area contributed by atoms with Gasteiger partial charge in [0.05, 0.1) is 17.5 Å². The van der Waals surface area contributed by atoms with Crippen molar-refractivity contribution < 1.29 is 9.59 Å². The molecular formula is C16H14BrNO2. The van der Waals surface area contributed by atoms with Crippen LogP contribution in [0.2, 0.25) is 0 Å². The molecular weight excluding hydrogens is 318 g/mol. The van der Waals surface area contributed by atoms with Gasteiger partial charge in [0.25, 0.3) is 0 Å². The number of fused-ring (bicyclic) bond motifs is 5. The maximum Gasteiger partial charge on any atom is 0.238 e. The van der Waals surface area contributed by atoms with Crippen LogP contribution in [0, 0.1) is 30.6 Å². The quantitative estimate of drug-likeness (QED) is 0.585. The summed E-state index contributed by atoms with van der Waals surface area (Å²) in [5.41, 5.74) is 1.73. The van der Waals surface area contributed by atoms with Crippen molar-refractivity contribution in [2.45, 2.75) is 13.3 Å². The van der Waals surface area contributed by atoms with Gasteiger partial charge in [-0.15, -0.1) is 0 Å². The van der Waals surface area contributed by atoms with Crippen LogP contribution < -0.4 is 4.90 Å². The molecule has 3 aliphatic rings. The molecule has 3 nitrogen and oxygen atoms in total. The van der Waals surface area contributed by atoms with E-state index >= 15 is 0 Å². The Morgan fingerprint density at radius 2 is 1.65 bits per heavy atom. The minimum atomic E-state index is -0.128. The lowest BCUT2D eigenvalue weighted by Crippen LogP contribution is -2.32. The number of amides is 2. The van der Waals surface area contributed by atoms with Gasteiger partial charge >= 0.3 is 0 Å². The van der Waals surface area contributed by atoms with Gasteiger partial charge in [-0.05, 0) is 48.9 Å². The van der Waals surface area contributed by atoms with Crippen LogP contribution in [0.15, 0.2) is 34.8 Å². The van der Waals surface area contributed by atoms with Gasteiger partial charge < -0.3 is 0 Å². The standard InChI is InChI=1S/C16H14BrNO2/c1-8-4-11(17)7-12(5-8)18-15(19)13-9-2-3-10(6-9)14(13)16(18)20/h2-5,7,9-10,13-14H,6H2,1H3. The predicted molar refractivity (Wildman–Crippen MR) is 79.1 cm³/mol. The van der Waals surface area contributed by atoms with Crippen LogP contribution in [0.3, 0.4) is 0 Å². The Kier molecular flexibility index (Phi) is 2.49. The van der Waals surface area contributed by atoms with Crippen LogP contribution >= 0.6 is 15.9 Å². The van der Waals surface area contributed by atoms with Crippen molar-refractivity contribution in [2.24, 2.45) is 23.7 Å². The summed E-state index contributed by atoms with van der Waals surface area (Å²) in [6.07, 6.45) is 5.21. The summed E-state index contributed by atoms with van der Waals surface area (Å²) in [6, 6.07) is 5.72. The van der Waals surface area contributed by atoms with E-state index in [1.807, 2.05) is 25.1 Å². The fourth-order valence-electron chi connectivity index (χ4n) is 4.00. The topological polar surface area (TPSA) is 37.4 Å². The van der Waals surface area contributed by atoms with Crippen molar-refractivity contribution in [1.82, 2.24) is 0 Å². The number of aryl methyl sites for hydroxylation is 1. The largest absolute Gasteiger partial charge is 0.274 e. The van der Waals surface area contributed by atoms with E-state index in [0.29, 0.717) is 5.69 Å². The number of benzene rings is 1. The molecule has 102 valence electrons. The minimum Gasteiger partial charge on any atom is -0.274 e. The average molecular weight is 332 g/mol. The first-order valence-electron chi connectivity index (χ1n) is 6.89. The van der Waals surface area contributed by atoms with Crippen LogP contribution in [-0.4, -0.2) is 11.8 Å². The summed E-state index contributed by atoms with van der Waals surface area (Å²) in [7, 11) is 0. The number of allylic oxidation sites excluding steroid dienone is 2. The highest BCUT2D eigenvalue weighted by atomic mass is 79.9. The van der Waals surface area contributed by atoms with Gasteiger partial charge in [-0.1, -0.05) is 28.1 Å². The molecule has 2 fully saturated rings. The molecule has 2 bridgehead atoms. The summed E-state index contributed by atoms with van der Waals surface area (Å²) >= 11 is 3.44. The normalized spacial score (nSPS) is 34.2. The Morgan fingerprint density at radius 1 is 1.05 bits per heavy atom. The molecule has 4 unspecified atom stereocenters. The Hall–Kier alpha value is -1.42. The third-order valence-electron chi connectivity index (χ3n) is 4.76. The van der Waals surface area contributed by atoms with Crippen molar-refractivity contribution >= 4 is 33.4 Å². The van der Waals surface area contributed by atoms with Gasteiger partial charge in [-0.25, -0.2) is 4.90 Å². The molecule has 0 N–H and O–H groups in total. The summed E-state index contributed by atoms with van der Waals surface area (Å²) in [5, 5.41) is 0. The van der Waals surface area contributed by atoms with E-state index in [0.717, 1.165) is 16.5 Å². The second-order valence-electron chi connectivity index (χ2n) is 6.00. The van der Waals surface area contributed by atoms with Gasteiger partial charge in [-0.3, -0.25) is 9.59 Å². The molecule has 1 heterocycles.